The molecule has 0 unspecified atom stereocenters. The third-order valence-corrected chi connectivity index (χ3v) is 6.86. The van der Waals surface area contributed by atoms with Gasteiger partial charge in [0, 0.05) is 31.3 Å². The number of anilines is 1. The van der Waals surface area contributed by atoms with E-state index in [0.29, 0.717) is 23.5 Å². The molecule has 0 radical (unpaired) electrons. The van der Waals surface area contributed by atoms with Gasteiger partial charge in [-0.2, -0.15) is 8.42 Å². The summed E-state index contributed by atoms with van der Waals surface area (Å²) in [4.78, 5) is 14.6. The van der Waals surface area contributed by atoms with Crippen molar-refractivity contribution in [2.75, 3.05) is 18.9 Å². The van der Waals surface area contributed by atoms with E-state index in [-0.39, 0.29) is 10.8 Å². The zero-order valence-electron chi connectivity index (χ0n) is 16.5. The van der Waals surface area contributed by atoms with Crippen molar-refractivity contribution >= 4 is 27.5 Å². The molecule has 2 aromatic rings. The summed E-state index contributed by atoms with van der Waals surface area (Å²) in [5.41, 5.74) is 3.58. The standard InChI is InChI=1S/C22H25N3O3S/c1-25-13-5-10-21(25)24-29(27,28)20-9-4-8-19(15-20)23-22(26)18-12-11-16-6-2-3-7-17(16)14-18/h4,8-9,11-12,14-15H,2-3,5-7,10,13H2,1H3,(H,23,26)/b24-21-. The average molecular weight is 412 g/mol. The van der Waals surface area contributed by atoms with E-state index in [4.69, 9.17) is 0 Å². The van der Waals surface area contributed by atoms with Gasteiger partial charge in [0.15, 0.2) is 0 Å². The molecule has 6 nitrogen and oxygen atoms in total. The van der Waals surface area contributed by atoms with Crippen LogP contribution in [0.25, 0.3) is 0 Å². The molecule has 4 rings (SSSR count). The van der Waals surface area contributed by atoms with Crippen molar-refractivity contribution in [2.24, 2.45) is 4.40 Å². The van der Waals surface area contributed by atoms with E-state index in [1.165, 1.54) is 29.7 Å². The van der Waals surface area contributed by atoms with Gasteiger partial charge in [-0.3, -0.25) is 4.79 Å². The van der Waals surface area contributed by atoms with Crippen LogP contribution >= 0.6 is 0 Å². The first-order valence-electron chi connectivity index (χ1n) is 10.0. The number of nitrogens with one attached hydrogen (secondary N) is 1. The predicted molar refractivity (Wildman–Crippen MR) is 114 cm³/mol. The van der Waals surface area contributed by atoms with E-state index >= 15 is 0 Å². The normalized spacial score (nSPS) is 18.0. The average Bonchev–Trinajstić information content (AvgIpc) is 3.11. The molecule has 29 heavy (non-hydrogen) atoms. The molecule has 1 heterocycles. The molecule has 152 valence electrons. The third-order valence-electron chi connectivity index (χ3n) is 5.56. The smallest absolute Gasteiger partial charge is 0.284 e. The van der Waals surface area contributed by atoms with Crippen LogP contribution < -0.4 is 5.32 Å². The van der Waals surface area contributed by atoms with Gasteiger partial charge in [-0.25, -0.2) is 0 Å². The fourth-order valence-electron chi connectivity index (χ4n) is 3.91. The number of aryl methyl sites for hydroxylation is 2. The lowest BCUT2D eigenvalue weighted by Crippen LogP contribution is -2.20. The number of amides is 1. The highest BCUT2D eigenvalue weighted by Gasteiger charge is 2.21. The Labute approximate surface area is 171 Å². The molecule has 1 amide bonds. The molecule has 1 saturated heterocycles. The number of hydrogen-bond acceptors (Lipinski definition) is 3. The van der Waals surface area contributed by atoms with Crippen molar-refractivity contribution in [2.45, 2.75) is 43.4 Å². The Morgan fingerprint density at radius 1 is 1.00 bits per heavy atom. The van der Waals surface area contributed by atoms with Crippen LogP contribution in [0.3, 0.4) is 0 Å². The van der Waals surface area contributed by atoms with Crippen LogP contribution in [0.5, 0.6) is 0 Å². The van der Waals surface area contributed by atoms with Crippen molar-refractivity contribution in [1.82, 2.24) is 4.90 Å². The lowest BCUT2D eigenvalue weighted by molar-refractivity contribution is 0.102. The Balaban J connectivity index is 1.54. The molecule has 0 saturated carbocycles. The maximum absolute atomic E-state index is 12.7. The number of benzene rings is 2. The number of hydrogen-bond donors (Lipinski definition) is 1. The van der Waals surface area contributed by atoms with E-state index in [9.17, 15) is 13.2 Å². The number of amidine groups is 1. The first kappa shape index (κ1) is 19.6. The Morgan fingerprint density at radius 2 is 1.79 bits per heavy atom. The van der Waals surface area contributed by atoms with Gasteiger partial charge >= 0.3 is 0 Å². The van der Waals surface area contributed by atoms with Crippen LogP contribution in [0, 0.1) is 0 Å². The predicted octanol–water partition coefficient (Wildman–Crippen LogP) is 3.63. The van der Waals surface area contributed by atoms with Gasteiger partial charge in [0.25, 0.3) is 15.9 Å². The SMILES string of the molecule is CN1CCC/C1=N/S(=O)(=O)c1cccc(NC(=O)c2ccc3c(c2)CCCC3)c1. The second-order valence-electron chi connectivity index (χ2n) is 7.68. The minimum Gasteiger partial charge on any atom is -0.362 e. The fraction of sp³-hybridized carbons (Fsp3) is 0.364. The Hall–Kier alpha value is -2.67. The van der Waals surface area contributed by atoms with E-state index in [1.54, 1.807) is 12.1 Å². The summed E-state index contributed by atoms with van der Waals surface area (Å²) in [6.45, 7) is 0.811. The number of sulfonamides is 1. The zero-order valence-corrected chi connectivity index (χ0v) is 17.3. The summed E-state index contributed by atoms with van der Waals surface area (Å²) in [5, 5.41) is 2.82. The molecule has 1 aliphatic heterocycles. The summed E-state index contributed by atoms with van der Waals surface area (Å²) in [5.74, 6) is 0.336. The number of likely N-dealkylation sites (tertiary alicyclic amines) is 1. The molecule has 1 fully saturated rings. The minimum atomic E-state index is -3.82. The van der Waals surface area contributed by atoms with Crippen LogP contribution in [-0.2, 0) is 22.9 Å². The first-order chi connectivity index (χ1) is 13.9. The summed E-state index contributed by atoms with van der Waals surface area (Å²) in [6.07, 6.45) is 5.97. The number of carbonyl (C=O) groups excluding carboxylic acids is 1. The van der Waals surface area contributed by atoms with E-state index in [0.717, 1.165) is 32.2 Å². The lowest BCUT2D eigenvalue weighted by Gasteiger charge is -2.16. The van der Waals surface area contributed by atoms with Crippen molar-refractivity contribution in [1.29, 1.82) is 0 Å². The Kier molecular flexibility index (Phi) is 5.41. The molecule has 0 bridgehead atoms. The monoisotopic (exact) mass is 411 g/mol. The van der Waals surface area contributed by atoms with Crippen LogP contribution in [0.1, 0.15) is 47.2 Å². The number of fused-ring (bicyclic) bond motifs is 1. The van der Waals surface area contributed by atoms with Crippen molar-refractivity contribution in [3.63, 3.8) is 0 Å². The highest BCUT2D eigenvalue weighted by atomic mass is 32.2. The van der Waals surface area contributed by atoms with Crippen molar-refractivity contribution in [3.05, 3.63) is 59.2 Å². The molecule has 1 N–H and O–H groups in total. The highest BCUT2D eigenvalue weighted by molar-refractivity contribution is 7.90. The van der Waals surface area contributed by atoms with E-state index in [2.05, 4.69) is 9.71 Å². The zero-order chi connectivity index (χ0) is 20.4. The number of carbonyl (C=O) groups is 1. The van der Waals surface area contributed by atoms with Gasteiger partial charge in [-0.1, -0.05) is 12.1 Å². The van der Waals surface area contributed by atoms with Crippen LogP contribution in [-0.4, -0.2) is 38.7 Å². The van der Waals surface area contributed by atoms with E-state index in [1.807, 2.05) is 30.1 Å². The van der Waals surface area contributed by atoms with Gasteiger partial charge in [0.2, 0.25) is 0 Å². The molecular formula is C22H25N3O3S. The molecule has 0 aromatic heterocycles. The molecule has 2 aliphatic rings. The quantitative estimate of drug-likeness (QED) is 0.833. The van der Waals surface area contributed by atoms with Gasteiger partial charge in [0.1, 0.15) is 5.84 Å². The van der Waals surface area contributed by atoms with Gasteiger partial charge in [0.05, 0.1) is 4.90 Å². The summed E-state index contributed by atoms with van der Waals surface area (Å²) < 4.78 is 29.3. The maximum Gasteiger partial charge on any atom is 0.284 e. The second-order valence-corrected chi connectivity index (χ2v) is 9.28. The summed E-state index contributed by atoms with van der Waals surface area (Å²) >= 11 is 0. The summed E-state index contributed by atoms with van der Waals surface area (Å²) in [6, 6.07) is 12.1. The Morgan fingerprint density at radius 3 is 2.55 bits per heavy atom. The summed E-state index contributed by atoms with van der Waals surface area (Å²) in [7, 11) is -1.97. The molecule has 7 heteroatoms. The molecule has 1 aliphatic carbocycles. The van der Waals surface area contributed by atoms with Crippen LogP contribution in [0.4, 0.5) is 5.69 Å². The maximum atomic E-state index is 12.7. The first-order valence-corrected chi connectivity index (χ1v) is 11.4. The van der Waals surface area contributed by atoms with E-state index < -0.39 is 10.0 Å². The lowest BCUT2D eigenvalue weighted by atomic mass is 9.90. The van der Waals surface area contributed by atoms with Crippen LogP contribution in [0.15, 0.2) is 51.8 Å². The van der Waals surface area contributed by atoms with Crippen LogP contribution in [0.2, 0.25) is 0 Å². The minimum absolute atomic E-state index is 0.0774. The molecular weight excluding hydrogens is 386 g/mol. The van der Waals surface area contributed by atoms with Gasteiger partial charge in [-0.15, -0.1) is 4.40 Å². The fourth-order valence-corrected chi connectivity index (χ4v) is 5.05. The topological polar surface area (TPSA) is 78.8 Å². The van der Waals surface area contributed by atoms with Crippen molar-refractivity contribution in [3.8, 4) is 0 Å². The van der Waals surface area contributed by atoms with Gasteiger partial charge in [-0.05, 0) is 73.6 Å². The number of rotatable bonds is 4. The molecule has 2 aromatic carbocycles. The third kappa shape index (κ3) is 4.34. The largest absolute Gasteiger partial charge is 0.362 e. The second kappa shape index (κ2) is 7.99. The van der Waals surface area contributed by atoms with Crippen molar-refractivity contribution < 1.29 is 13.2 Å². The molecule has 0 spiro atoms. The van der Waals surface area contributed by atoms with Gasteiger partial charge < -0.3 is 10.2 Å². The molecule has 0 atom stereocenters. The number of nitrogens with zero attached hydrogens (tertiary/aromatic N) is 2. The highest BCUT2D eigenvalue weighted by Crippen LogP contribution is 2.24. The Bertz CT molecular complexity index is 1080.